The van der Waals surface area contributed by atoms with Gasteiger partial charge in [0.25, 0.3) is 5.91 Å². The molecule has 0 N–H and O–H groups in total. The van der Waals surface area contributed by atoms with E-state index in [4.69, 9.17) is 0 Å². The van der Waals surface area contributed by atoms with Gasteiger partial charge in [-0.25, -0.2) is 23.1 Å². The highest BCUT2D eigenvalue weighted by Crippen LogP contribution is 2.29. The predicted octanol–water partition coefficient (Wildman–Crippen LogP) is 5.40. The first-order valence-corrected chi connectivity index (χ1v) is 11.1. The maximum absolute atomic E-state index is 13.8. The molecule has 0 saturated heterocycles. The van der Waals surface area contributed by atoms with Crippen LogP contribution in [0.1, 0.15) is 10.4 Å². The van der Waals surface area contributed by atoms with Crippen LogP contribution in [0.3, 0.4) is 0 Å². The van der Waals surface area contributed by atoms with Crippen molar-refractivity contribution in [1.29, 1.82) is 0 Å². The average Bonchev–Trinajstić information content (AvgIpc) is 3.37. The first-order valence-electron chi connectivity index (χ1n) is 11.1. The molecule has 0 spiro atoms. The van der Waals surface area contributed by atoms with E-state index >= 15 is 0 Å². The number of pyridine rings is 1. The molecule has 39 heavy (non-hydrogen) atoms. The Hall–Kier alpha value is -5.20. The number of fused-ring (bicyclic) bond motifs is 1. The number of anilines is 1. The van der Waals surface area contributed by atoms with Gasteiger partial charge in [-0.3, -0.25) is 9.78 Å². The topological polar surface area (TPSA) is 89.7 Å². The van der Waals surface area contributed by atoms with Crippen molar-refractivity contribution in [2.75, 3.05) is 5.06 Å². The number of aromatic nitrogens is 4. The molecule has 13 heteroatoms. The second-order valence-corrected chi connectivity index (χ2v) is 8.02. The normalized spacial score (nSPS) is 11.4. The summed E-state index contributed by atoms with van der Waals surface area (Å²) < 4.78 is 67.7. The molecule has 3 aromatic heterocycles. The largest absolute Gasteiger partial charge is 0.493 e. The predicted molar refractivity (Wildman–Crippen MR) is 127 cm³/mol. The smallest absolute Gasteiger partial charge is 0.324 e. The summed E-state index contributed by atoms with van der Waals surface area (Å²) in [5, 5.41) is 4.62. The van der Waals surface area contributed by atoms with Gasteiger partial charge in [0.05, 0.1) is 17.1 Å². The Bertz CT molecular complexity index is 1710. The lowest BCUT2D eigenvalue weighted by atomic mass is 10.1. The summed E-state index contributed by atoms with van der Waals surface area (Å²) in [7, 11) is 0. The summed E-state index contributed by atoms with van der Waals surface area (Å²) in [6.07, 6.45) is -0.765. The third-order valence-electron chi connectivity index (χ3n) is 5.47. The monoisotopic (exact) mass is 539 g/mol. The van der Waals surface area contributed by atoms with Gasteiger partial charge < -0.3 is 4.84 Å². The molecular weight excluding hydrogens is 525 g/mol. The quantitative estimate of drug-likeness (QED) is 0.224. The summed E-state index contributed by atoms with van der Waals surface area (Å²) in [5.74, 6) is -6.73. The number of hydroxylamine groups is 1. The Balaban J connectivity index is 1.58. The summed E-state index contributed by atoms with van der Waals surface area (Å²) >= 11 is 0. The third kappa shape index (κ3) is 5.14. The Morgan fingerprint density at radius 1 is 0.846 bits per heavy atom. The number of benzene rings is 2. The number of carbonyl (C=O) groups is 2. The number of hydrogen-bond donors (Lipinski definition) is 0. The molecule has 5 rings (SSSR count). The molecule has 0 saturated carbocycles. The van der Waals surface area contributed by atoms with Crippen LogP contribution in [0.15, 0.2) is 85.3 Å². The Morgan fingerprint density at radius 2 is 1.62 bits per heavy atom. The summed E-state index contributed by atoms with van der Waals surface area (Å²) in [4.78, 5) is 37.4. The van der Waals surface area contributed by atoms with E-state index in [0.717, 1.165) is 11.6 Å². The zero-order valence-electron chi connectivity index (χ0n) is 19.4. The van der Waals surface area contributed by atoms with Gasteiger partial charge in [-0.2, -0.15) is 18.3 Å². The minimum absolute atomic E-state index is 0.0654. The number of alkyl halides is 3. The zero-order chi connectivity index (χ0) is 27.7. The van der Waals surface area contributed by atoms with Crippen LogP contribution < -0.4 is 5.06 Å². The molecule has 0 atom stereocenters. The van der Waals surface area contributed by atoms with Crippen molar-refractivity contribution in [3.8, 4) is 22.5 Å². The minimum Gasteiger partial charge on any atom is -0.324 e. The fourth-order valence-electron chi connectivity index (χ4n) is 3.66. The Kier molecular flexibility index (Phi) is 6.48. The maximum atomic E-state index is 13.8. The van der Waals surface area contributed by atoms with Gasteiger partial charge >= 0.3 is 12.1 Å². The van der Waals surface area contributed by atoms with Crippen LogP contribution in [-0.2, 0) is 9.63 Å². The van der Waals surface area contributed by atoms with Crippen LogP contribution in [-0.4, -0.2) is 37.6 Å². The van der Waals surface area contributed by atoms with Crippen LogP contribution in [0.2, 0.25) is 0 Å². The molecule has 3 heterocycles. The zero-order valence-corrected chi connectivity index (χ0v) is 19.4. The van der Waals surface area contributed by atoms with Gasteiger partial charge in [0, 0.05) is 41.3 Å². The molecule has 0 aliphatic heterocycles. The highest BCUT2D eigenvalue weighted by Gasteiger charge is 2.44. The first-order chi connectivity index (χ1) is 18.6. The van der Waals surface area contributed by atoms with E-state index in [2.05, 4.69) is 19.9 Å². The van der Waals surface area contributed by atoms with E-state index in [0.29, 0.717) is 34.7 Å². The number of carbonyl (C=O) groups excluding carboxylic acids is 2. The van der Waals surface area contributed by atoms with Crippen LogP contribution in [0.25, 0.3) is 28.2 Å². The van der Waals surface area contributed by atoms with Crippen molar-refractivity contribution in [2.45, 2.75) is 6.18 Å². The summed E-state index contributed by atoms with van der Waals surface area (Å²) in [6.45, 7) is 0. The molecule has 5 aromatic rings. The Labute approximate surface area is 215 Å². The second kappa shape index (κ2) is 9.93. The van der Waals surface area contributed by atoms with Crippen molar-refractivity contribution in [2.24, 2.45) is 0 Å². The Morgan fingerprint density at radius 3 is 2.33 bits per heavy atom. The van der Waals surface area contributed by atoms with Crippen molar-refractivity contribution in [1.82, 2.24) is 19.6 Å². The third-order valence-corrected chi connectivity index (χ3v) is 5.47. The van der Waals surface area contributed by atoms with Crippen LogP contribution in [0, 0.1) is 11.6 Å². The van der Waals surface area contributed by atoms with Gasteiger partial charge in [0.2, 0.25) is 0 Å². The van der Waals surface area contributed by atoms with E-state index < -0.39 is 35.3 Å². The van der Waals surface area contributed by atoms with Crippen molar-refractivity contribution >= 4 is 23.2 Å². The summed E-state index contributed by atoms with van der Waals surface area (Å²) in [6, 6.07) is 14.2. The molecule has 0 fully saturated rings. The van der Waals surface area contributed by atoms with E-state index in [1.807, 2.05) is 0 Å². The number of halogens is 5. The molecule has 0 unspecified atom stereocenters. The fraction of sp³-hybridized carbons (Fsp3) is 0.0385. The highest BCUT2D eigenvalue weighted by atomic mass is 19.4. The van der Waals surface area contributed by atoms with E-state index in [-0.39, 0.29) is 10.8 Å². The molecule has 0 aliphatic carbocycles. The van der Waals surface area contributed by atoms with Crippen LogP contribution in [0.5, 0.6) is 0 Å². The van der Waals surface area contributed by atoms with Gasteiger partial charge in [-0.15, -0.1) is 5.06 Å². The van der Waals surface area contributed by atoms with E-state index in [1.165, 1.54) is 28.9 Å². The number of hydrogen-bond acceptors (Lipinski definition) is 6. The van der Waals surface area contributed by atoms with Gasteiger partial charge in [0.15, 0.2) is 17.3 Å². The van der Waals surface area contributed by atoms with Gasteiger partial charge in [0.1, 0.15) is 0 Å². The molecule has 1 amide bonds. The molecule has 196 valence electrons. The lowest BCUT2D eigenvalue weighted by molar-refractivity contribution is -0.199. The van der Waals surface area contributed by atoms with E-state index in [1.54, 1.807) is 42.7 Å². The van der Waals surface area contributed by atoms with Gasteiger partial charge in [-0.05, 0) is 48.5 Å². The highest BCUT2D eigenvalue weighted by molar-refractivity contribution is 6.06. The molecule has 0 aliphatic rings. The fourth-order valence-corrected chi connectivity index (χ4v) is 3.66. The van der Waals surface area contributed by atoms with Crippen LogP contribution >= 0.6 is 0 Å². The maximum Gasteiger partial charge on any atom is 0.493 e. The van der Waals surface area contributed by atoms with Crippen molar-refractivity contribution in [3.05, 3.63) is 103 Å². The van der Waals surface area contributed by atoms with Gasteiger partial charge in [-0.1, -0.05) is 12.1 Å². The SMILES string of the molecule is O=C(c1ccc(F)c(F)c1)N(OC(=O)C(F)(F)F)c1cccc(-c2ccnc3cc(-c4ccncc4)nn23)c1. The summed E-state index contributed by atoms with van der Waals surface area (Å²) in [5.41, 5.74) is 1.71. The molecule has 2 aromatic carbocycles. The molecule has 0 radical (unpaired) electrons. The molecule has 0 bridgehead atoms. The minimum atomic E-state index is -5.44. The molecule has 8 nitrogen and oxygen atoms in total. The van der Waals surface area contributed by atoms with Crippen molar-refractivity contribution < 1.29 is 36.4 Å². The second-order valence-electron chi connectivity index (χ2n) is 8.02. The standard InChI is InChI=1S/C26H14F5N5O3/c27-19-5-4-17(13-20(19)28)24(37)36(39-25(38)26(29,30)31)18-3-1-2-16(12-18)22-8-11-33-23-14-21(34-35(22)23)15-6-9-32-10-7-15/h1-14H. The number of nitrogens with zero attached hydrogens (tertiary/aromatic N) is 5. The molecular formula is C26H14F5N5O3. The average molecular weight is 539 g/mol. The van der Waals surface area contributed by atoms with E-state index in [9.17, 15) is 31.5 Å². The van der Waals surface area contributed by atoms with Crippen molar-refractivity contribution in [3.63, 3.8) is 0 Å². The first kappa shape index (κ1) is 25.4. The number of rotatable bonds is 4. The lowest BCUT2D eigenvalue weighted by Gasteiger charge is -2.22. The lowest BCUT2D eigenvalue weighted by Crippen LogP contribution is -2.38. The number of amides is 1. The van der Waals surface area contributed by atoms with Crippen LogP contribution in [0.4, 0.5) is 27.6 Å².